The molecule has 3 heteroatoms. The first-order valence-corrected chi connectivity index (χ1v) is 5.08. The summed E-state index contributed by atoms with van der Waals surface area (Å²) in [7, 11) is 0. The minimum Gasteiger partial charge on any atom is -0.494 e. The SMILES string of the molecule is CCCCOc1ccc(C(O)C#N)cc1. The second kappa shape index (κ2) is 6.05. The Morgan fingerprint density at radius 1 is 1.40 bits per heavy atom. The summed E-state index contributed by atoms with van der Waals surface area (Å²) in [4.78, 5) is 0. The van der Waals surface area contributed by atoms with E-state index in [0.717, 1.165) is 18.6 Å². The van der Waals surface area contributed by atoms with Gasteiger partial charge in [-0.05, 0) is 24.1 Å². The van der Waals surface area contributed by atoms with Crippen LogP contribution in [-0.2, 0) is 0 Å². The number of aliphatic hydroxyl groups is 1. The van der Waals surface area contributed by atoms with Crippen LogP contribution in [-0.4, -0.2) is 11.7 Å². The molecule has 0 saturated carbocycles. The summed E-state index contributed by atoms with van der Waals surface area (Å²) in [6, 6.07) is 8.71. The van der Waals surface area contributed by atoms with Crippen molar-refractivity contribution >= 4 is 0 Å². The summed E-state index contributed by atoms with van der Waals surface area (Å²) < 4.78 is 5.45. The molecule has 15 heavy (non-hydrogen) atoms. The molecule has 0 amide bonds. The van der Waals surface area contributed by atoms with Crippen LogP contribution < -0.4 is 4.74 Å². The van der Waals surface area contributed by atoms with Gasteiger partial charge in [-0.1, -0.05) is 25.5 Å². The maximum Gasteiger partial charge on any atom is 0.165 e. The van der Waals surface area contributed by atoms with Gasteiger partial charge in [0.15, 0.2) is 6.10 Å². The van der Waals surface area contributed by atoms with Gasteiger partial charge in [-0.2, -0.15) is 5.26 Å². The number of hydrogen-bond donors (Lipinski definition) is 1. The molecule has 0 fully saturated rings. The molecule has 1 rings (SSSR count). The largest absolute Gasteiger partial charge is 0.494 e. The fraction of sp³-hybridized carbons (Fsp3) is 0.417. The van der Waals surface area contributed by atoms with Crippen LogP contribution in [0.25, 0.3) is 0 Å². The van der Waals surface area contributed by atoms with Gasteiger partial charge in [0.05, 0.1) is 12.7 Å². The Morgan fingerprint density at radius 2 is 2.07 bits per heavy atom. The summed E-state index contributed by atoms with van der Waals surface area (Å²) in [5.41, 5.74) is 0.598. The number of hydrogen-bond acceptors (Lipinski definition) is 3. The molecule has 1 aromatic carbocycles. The number of unbranched alkanes of at least 4 members (excludes halogenated alkanes) is 1. The molecule has 0 heterocycles. The van der Waals surface area contributed by atoms with Crippen molar-refractivity contribution < 1.29 is 9.84 Å². The smallest absolute Gasteiger partial charge is 0.165 e. The summed E-state index contributed by atoms with van der Waals surface area (Å²) in [5, 5.41) is 17.7. The average molecular weight is 205 g/mol. The van der Waals surface area contributed by atoms with E-state index in [-0.39, 0.29) is 0 Å². The molecule has 0 aliphatic rings. The van der Waals surface area contributed by atoms with Crippen LogP contribution in [0.5, 0.6) is 5.75 Å². The van der Waals surface area contributed by atoms with Crippen molar-refractivity contribution in [1.29, 1.82) is 5.26 Å². The highest BCUT2D eigenvalue weighted by Crippen LogP contribution is 2.17. The Labute approximate surface area is 89.9 Å². The molecule has 80 valence electrons. The van der Waals surface area contributed by atoms with Crippen molar-refractivity contribution in [2.75, 3.05) is 6.61 Å². The predicted octanol–water partition coefficient (Wildman–Crippen LogP) is 2.42. The van der Waals surface area contributed by atoms with Gasteiger partial charge in [0, 0.05) is 0 Å². The van der Waals surface area contributed by atoms with Gasteiger partial charge in [-0.15, -0.1) is 0 Å². The standard InChI is InChI=1S/C12H15NO2/c1-2-3-8-15-11-6-4-10(5-7-11)12(14)9-13/h4-7,12,14H,2-3,8H2,1H3. The van der Waals surface area contributed by atoms with Crippen LogP contribution in [0.4, 0.5) is 0 Å². The third-order valence-electron chi connectivity index (χ3n) is 2.08. The molecule has 0 aliphatic carbocycles. The monoisotopic (exact) mass is 205 g/mol. The zero-order chi connectivity index (χ0) is 11.1. The minimum atomic E-state index is -1.05. The molecule has 0 radical (unpaired) electrons. The normalized spacial score (nSPS) is 11.8. The first kappa shape index (κ1) is 11.5. The predicted molar refractivity (Wildman–Crippen MR) is 57.4 cm³/mol. The first-order valence-electron chi connectivity index (χ1n) is 5.08. The van der Waals surface area contributed by atoms with Gasteiger partial charge in [-0.3, -0.25) is 0 Å². The van der Waals surface area contributed by atoms with Crippen molar-refractivity contribution in [3.05, 3.63) is 29.8 Å². The highest BCUT2D eigenvalue weighted by molar-refractivity contribution is 5.30. The highest BCUT2D eigenvalue weighted by Gasteiger charge is 2.04. The fourth-order valence-electron chi connectivity index (χ4n) is 1.16. The fourth-order valence-corrected chi connectivity index (χ4v) is 1.16. The van der Waals surface area contributed by atoms with Crippen LogP contribution in [0, 0.1) is 11.3 Å². The second-order valence-electron chi connectivity index (χ2n) is 3.30. The Balaban J connectivity index is 2.53. The van der Waals surface area contributed by atoms with E-state index in [9.17, 15) is 5.11 Å². The second-order valence-corrected chi connectivity index (χ2v) is 3.30. The van der Waals surface area contributed by atoms with Gasteiger partial charge >= 0.3 is 0 Å². The van der Waals surface area contributed by atoms with Crippen LogP contribution >= 0.6 is 0 Å². The molecule has 3 nitrogen and oxygen atoms in total. The van der Waals surface area contributed by atoms with Crippen LogP contribution in [0.15, 0.2) is 24.3 Å². The lowest BCUT2D eigenvalue weighted by atomic mass is 10.1. The zero-order valence-electron chi connectivity index (χ0n) is 8.81. The average Bonchev–Trinajstić information content (AvgIpc) is 2.29. The molecule has 1 N–H and O–H groups in total. The third kappa shape index (κ3) is 3.61. The lowest BCUT2D eigenvalue weighted by molar-refractivity contribution is 0.235. The number of nitrogens with zero attached hydrogens (tertiary/aromatic N) is 1. The molecule has 1 unspecified atom stereocenters. The maximum atomic E-state index is 9.23. The van der Waals surface area contributed by atoms with Crippen LogP contribution in [0.2, 0.25) is 0 Å². The molecule has 0 bridgehead atoms. The van der Waals surface area contributed by atoms with E-state index >= 15 is 0 Å². The quantitative estimate of drug-likeness (QED) is 0.593. The van der Waals surface area contributed by atoms with Crippen LogP contribution in [0.1, 0.15) is 31.4 Å². The van der Waals surface area contributed by atoms with Gasteiger partial charge in [0.25, 0.3) is 0 Å². The van der Waals surface area contributed by atoms with Gasteiger partial charge in [-0.25, -0.2) is 0 Å². The highest BCUT2D eigenvalue weighted by atomic mass is 16.5. The first-order chi connectivity index (χ1) is 7.27. The Hall–Kier alpha value is -1.53. The molecule has 0 aromatic heterocycles. The van der Waals surface area contributed by atoms with E-state index < -0.39 is 6.10 Å². The van der Waals surface area contributed by atoms with Crippen molar-refractivity contribution in [1.82, 2.24) is 0 Å². The van der Waals surface area contributed by atoms with E-state index in [4.69, 9.17) is 10.00 Å². The number of rotatable bonds is 5. The molecule has 0 spiro atoms. The molecule has 1 atom stereocenters. The lowest BCUT2D eigenvalue weighted by Crippen LogP contribution is -1.97. The Bertz CT molecular complexity index is 326. The summed E-state index contributed by atoms with van der Waals surface area (Å²) in [6.45, 7) is 2.81. The van der Waals surface area contributed by atoms with Gasteiger partial charge in [0.2, 0.25) is 0 Å². The number of benzene rings is 1. The van der Waals surface area contributed by atoms with Crippen LogP contribution in [0.3, 0.4) is 0 Å². The van der Waals surface area contributed by atoms with Crippen molar-refractivity contribution in [3.8, 4) is 11.8 Å². The topological polar surface area (TPSA) is 53.2 Å². The zero-order valence-corrected chi connectivity index (χ0v) is 8.81. The van der Waals surface area contributed by atoms with E-state index in [0.29, 0.717) is 12.2 Å². The summed E-state index contributed by atoms with van der Waals surface area (Å²) in [5.74, 6) is 0.775. The summed E-state index contributed by atoms with van der Waals surface area (Å²) in [6.07, 6.45) is 1.09. The van der Waals surface area contributed by atoms with E-state index in [1.807, 2.05) is 0 Å². The van der Waals surface area contributed by atoms with Crippen molar-refractivity contribution in [2.24, 2.45) is 0 Å². The van der Waals surface area contributed by atoms with E-state index in [2.05, 4.69) is 6.92 Å². The number of aliphatic hydroxyl groups excluding tert-OH is 1. The molecular weight excluding hydrogens is 190 g/mol. The molecule has 0 saturated heterocycles. The molecule has 0 aliphatic heterocycles. The number of ether oxygens (including phenoxy) is 1. The number of nitriles is 1. The van der Waals surface area contributed by atoms with E-state index in [1.54, 1.807) is 30.3 Å². The lowest BCUT2D eigenvalue weighted by Gasteiger charge is -2.06. The van der Waals surface area contributed by atoms with Crippen molar-refractivity contribution in [3.63, 3.8) is 0 Å². The van der Waals surface area contributed by atoms with Crippen molar-refractivity contribution in [2.45, 2.75) is 25.9 Å². The van der Waals surface area contributed by atoms with E-state index in [1.165, 1.54) is 0 Å². The Kier molecular flexibility index (Phi) is 4.65. The van der Waals surface area contributed by atoms with Gasteiger partial charge < -0.3 is 9.84 Å². The third-order valence-corrected chi connectivity index (χ3v) is 2.08. The maximum absolute atomic E-state index is 9.23. The molecular formula is C12H15NO2. The van der Waals surface area contributed by atoms with Gasteiger partial charge in [0.1, 0.15) is 5.75 Å². The molecule has 1 aromatic rings. The Morgan fingerprint density at radius 3 is 2.60 bits per heavy atom. The minimum absolute atomic E-state index is 0.598. The summed E-state index contributed by atoms with van der Waals surface area (Å²) >= 11 is 0.